The molecule has 0 aliphatic heterocycles. The second kappa shape index (κ2) is 6.91. The van der Waals surface area contributed by atoms with Gasteiger partial charge >= 0.3 is 0 Å². The Morgan fingerprint density at radius 3 is 2.36 bits per heavy atom. The minimum absolute atomic E-state index is 0.0792. The van der Waals surface area contributed by atoms with Crippen molar-refractivity contribution in [1.82, 2.24) is 4.90 Å². The quantitative estimate of drug-likeness (QED) is 0.486. The van der Waals surface area contributed by atoms with Gasteiger partial charge in [0.1, 0.15) is 0 Å². The zero-order valence-corrected chi connectivity index (χ0v) is 7.80. The van der Waals surface area contributed by atoms with Gasteiger partial charge in [-0.15, -0.1) is 0 Å². The van der Waals surface area contributed by atoms with Crippen LogP contribution in [0.5, 0.6) is 0 Å². The Morgan fingerprint density at radius 2 is 2.09 bits per heavy atom. The topological polar surface area (TPSA) is 43.7 Å². The SMILES string of the molecule is CCN(CCO)C(CO)CS. The highest BCUT2D eigenvalue weighted by Gasteiger charge is 2.12. The molecule has 0 amide bonds. The van der Waals surface area contributed by atoms with Crippen molar-refractivity contribution in [2.75, 3.05) is 32.1 Å². The fraction of sp³-hybridized carbons (Fsp3) is 1.00. The summed E-state index contributed by atoms with van der Waals surface area (Å²) in [4.78, 5) is 2.01. The number of thiol groups is 1. The van der Waals surface area contributed by atoms with Crippen LogP contribution < -0.4 is 0 Å². The third-order valence-corrected chi connectivity index (χ3v) is 2.15. The summed E-state index contributed by atoms with van der Waals surface area (Å²) in [6.45, 7) is 3.70. The maximum absolute atomic E-state index is 8.88. The van der Waals surface area contributed by atoms with E-state index >= 15 is 0 Å². The normalized spacial score (nSPS) is 13.9. The highest BCUT2D eigenvalue weighted by molar-refractivity contribution is 7.80. The van der Waals surface area contributed by atoms with Gasteiger partial charge in [0.25, 0.3) is 0 Å². The lowest BCUT2D eigenvalue weighted by molar-refractivity contribution is 0.119. The zero-order valence-electron chi connectivity index (χ0n) is 6.90. The average molecular weight is 179 g/mol. The second-order valence-corrected chi connectivity index (χ2v) is 2.74. The number of hydrogen-bond donors (Lipinski definition) is 3. The Kier molecular flexibility index (Phi) is 7.06. The van der Waals surface area contributed by atoms with Crippen LogP contribution in [-0.2, 0) is 0 Å². The van der Waals surface area contributed by atoms with Crippen molar-refractivity contribution < 1.29 is 10.2 Å². The van der Waals surface area contributed by atoms with E-state index in [1.165, 1.54) is 0 Å². The molecule has 68 valence electrons. The fourth-order valence-corrected chi connectivity index (χ4v) is 1.36. The van der Waals surface area contributed by atoms with Crippen LogP contribution in [0.2, 0.25) is 0 Å². The molecule has 1 unspecified atom stereocenters. The van der Waals surface area contributed by atoms with Crippen LogP contribution in [0.4, 0.5) is 0 Å². The monoisotopic (exact) mass is 179 g/mol. The van der Waals surface area contributed by atoms with E-state index in [1.54, 1.807) is 0 Å². The largest absolute Gasteiger partial charge is 0.395 e. The first-order valence-corrected chi connectivity index (χ1v) is 4.50. The Hall–Kier alpha value is 0.230. The lowest BCUT2D eigenvalue weighted by Crippen LogP contribution is -2.40. The van der Waals surface area contributed by atoms with E-state index in [0.717, 1.165) is 6.54 Å². The third-order valence-electron chi connectivity index (χ3n) is 1.73. The molecule has 4 heteroatoms. The molecule has 0 aromatic heterocycles. The molecule has 0 aromatic rings. The van der Waals surface area contributed by atoms with Crippen LogP contribution >= 0.6 is 12.6 Å². The van der Waals surface area contributed by atoms with Crippen molar-refractivity contribution >= 4 is 12.6 Å². The number of rotatable bonds is 6. The fourth-order valence-electron chi connectivity index (χ4n) is 1.02. The molecule has 0 spiro atoms. The second-order valence-electron chi connectivity index (χ2n) is 2.37. The number of aliphatic hydroxyl groups is 2. The van der Waals surface area contributed by atoms with Crippen LogP contribution in [-0.4, -0.2) is 53.2 Å². The van der Waals surface area contributed by atoms with Gasteiger partial charge < -0.3 is 10.2 Å². The standard InChI is InChI=1S/C7H17NO2S/c1-2-8(3-4-9)7(5-10)6-11/h7,9-11H,2-6H2,1H3. The van der Waals surface area contributed by atoms with Gasteiger partial charge in [-0.05, 0) is 6.54 Å². The predicted molar refractivity (Wildman–Crippen MR) is 49.1 cm³/mol. The van der Waals surface area contributed by atoms with Gasteiger partial charge in [-0.3, -0.25) is 4.90 Å². The van der Waals surface area contributed by atoms with E-state index in [0.29, 0.717) is 12.3 Å². The van der Waals surface area contributed by atoms with Gasteiger partial charge in [-0.25, -0.2) is 0 Å². The summed E-state index contributed by atoms with van der Waals surface area (Å²) < 4.78 is 0. The summed E-state index contributed by atoms with van der Waals surface area (Å²) in [5.41, 5.74) is 0. The highest BCUT2D eigenvalue weighted by Crippen LogP contribution is 1.99. The maximum Gasteiger partial charge on any atom is 0.0594 e. The molecule has 0 saturated carbocycles. The summed E-state index contributed by atoms with van der Waals surface area (Å²) in [5.74, 6) is 0.629. The number of hydrogen-bond acceptors (Lipinski definition) is 4. The smallest absolute Gasteiger partial charge is 0.0594 e. The molecule has 3 nitrogen and oxygen atoms in total. The molecule has 0 bridgehead atoms. The van der Waals surface area contributed by atoms with Crippen LogP contribution in [0.25, 0.3) is 0 Å². The van der Waals surface area contributed by atoms with Gasteiger partial charge in [0.15, 0.2) is 0 Å². The van der Waals surface area contributed by atoms with Crippen LogP contribution in [0.1, 0.15) is 6.92 Å². The van der Waals surface area contributed by atoms with E-state index in [4.69, 9.17) is 10.2 Å². The molecular weight excluding hydrogens is 162 g/mol. The van der Waals surface area contributed by atoms with Gasteiger partial charge in [-0.1, -0.05) is 6.92 Å². The van der Waals surface area contributed by atoms with Gasteiger partial charge in [0.05, 0.1) is 13.2 Å². The number of aliphatic hydroxyl groups excluding tert-OH is 2. The first-order chi connectivity index (χ1) is 5.29. The Bertz CT molecular complexity index is 88.5. The first-order valence-electron chi connectivity index (χ1n) is 3.86. The molecule has 2 N–H and O–H groups in total. The highest BCUT2D eigenvalue weighted by atomic mass is 32.1. The van der Waals surface area contributed by atoms with E-state index in [9.17, 15) is 0 Å². The molecule has 0 aliphatic carbocycles. The summed E-state index contributed by atoms with van der Waals surface area (Å²) in [6.07, 6.45) is 0. The van der Waals surface area contributed by atoms with Crippen molar-refractivity contribution in [3.05, 3.63) is 0 Å². The molecule has 11 heavy (non-hydrogen) atoms. The Balaban J connectivity index is 3.76. The van der Waals surface area contributed by atoms with Gasteiger partial charge in [0, 0.05) is 18.3 Å². The van der Waals surface area contributed by atoms with Gasteiger partial charge in [0.2, 0.25) is 0 Å². The molecule has 0 fully saturated rings. The van der Waals surface area contributed by atoms with E-state index in [2.05, 4.69) is 12.6 Å². The summed E-state index contributed by atoms with van der Waals surface area (Å²) in [6, 6.07) is 0.0792. The summed E-state index contributed by atoms with van der Waals surface area (Å²) >= 11 is 4.10. The molecule has 0 radical (unpaired) electrons. The summed E-state index contributed by atoms with van der Waals surface area (Å²) in [5, 5.41) is 17.5. The Morgan fingerprint density at radius 1 is 1.45 bits per heavy atom. The molecule has 0 heterocycles. The van der Waals surface area contributed by atoms with E-state index in [-0.39, 0.29) is 19.3 Å². The first kappa shape index (κ1) is 11.2. The molecule has 0 saturated heterocycles. The predicted octanol–water partition coefficient (Wildman–Crippen LogP) is -0.409. The summed E-state index contributed by atoms with van der Waals surface area (Å²) in [7, 11) is 0. The average Bonchev–Trinajstić information content (AvgIpc) is 2.05. The molecule has 0 rings (SSSR count). The van der Waals surface area contributed by atoms with Crippen LogP contribution in [0.3, 0.4) is 0 Å². The number of nitrogens with zero attached hydrogens (tertiary/aromatic N) is 1. The molecule has 1 atom stereocenters. The molecule has 0 aromatic carbocycles. The van der Waals surface area contributed by atoms with Crippen molar-refractivity contribution in [2.45, 2.75) is 13.0 Å². The van der Waals surface area contributed by atoms with Crippen LogP contribution in [0.15, 0.2) is 0 Å². The van der Waals surface area contributed by atoms with Crippen molar-refractivity contribution in [1.29, 1.82) is 0 Å². The number of likely N-dealkylation sites (N-methyl/N-ethyl adjacent to an activating group) is 1. The molecular formula is C7H17NO2S. The van der Waals surface area contributed by atoms with Crippen molar-refractivity contribution in [3.8, 4) is 0 Å². The Labute approximate surface area is 73.4 Å². The van der Waals surface area contributed by atoms with E-state index in [1.807, 2.05) is 11.8 Å². The minimum Gasteiger partial charge on any atom is -0.395 e. The van der Waals surface area contributed by atoms with Gasteiger partial charge in [-0.2, -0.15) is 12.6 Å². The van der Waals surface area contributed by atoms with Crippen LogP contribution in [0, 0.1) is 0 Å². The lowest BCUT2D eigenvalue weighted by atomic mass is 10.3. The van der Waals surface area contributed by atoms with Crippen molar-refractivity contribution in [3.63, 3.8) is 0 Å². The maximum atomic E-state index is 8.88. The molecule has 0 aliphatic rings. The third kappa shape index (κ3) is 3.96. The minimum atomic E-state index is 0.0792. The zero-order chi connectivity index (χ0) is 8.69. The van der Waals surface area contributed by atoms with E-state index < -0.39 is 0 Å². The lowest BCUT2D eigenvalue weighted by Gasteiger charge is -2.26. The van der Waals surface area contributed by atoms with Crippen molar-refractivity contribution in [2.24, 2.45) is 0 Å².